The van der Waals surface area contributed by atoms with E-state index in [1.807, 2.05) is 6.92 Å². The van der Waals surface area contributed by atoms with Crippen molar-refractivity contribution < 1.29 is 26.7 Å². The summed E-state index contributed by atoms with van der Waals surface area (Å²) in [5.41, 5.74) is 0.684. The fraction of sp³-hybridized carbons (Fsp3) is 0.200. The number of hydrogen-bond donors (Lipinski definition) is 0. The molecule has 152 valence electrons. The van der Waals surface area contributed by atoms with Crippen LogP contribution in [0.3, 0.4) is 0 Å². The van der Waals surface area contributed by atoms with E-state index in [0.717, 1.165) is 29.7 Å². The van der Waals surface area contributed by atoms with Crippen LogP contribution in [0.5, 0.6) is 0 Å². The van der Waals surface area contributed by atoms with Gasteiger partial charge < -0.3 is 4.74 Å². The van der Waals surface area contributed by atoms with E-state index in [1.165, 1.54) is 23.6 Å². The molecule has 1 aromatic heterocycles. The SMILES string of the molecule is CCc1ccc(S(C)(=O)=O)cc1C(=O)OCc1nc(-c2c(F)cccc2F)cs1. The van der Waals surface area contributed by atoms with Crippen LogP contribution < -0.4 is 0 Å². The minimum atomic E-state index is -3.48. The van der Waals surface area contributed by atoms with Crippen LogP contribution in [-0.2, 0) is 27.6 Å². The van der Waals surface area contributed by atoms with Crippen LogP contribution in [-0.4, -0.2) is 25.6 Å². The number of carbonyl (C=O) groups excluding carboxylic acids is 1. The average molecular weight is 437 g/mol. The molecule has 0 fully saturated rings. The van der Waals surface area contributed by atoms with Crippen LogP contribution in [0.1, 0.15) is 27.9 Å². The molecule has 2 aromatic carbocycles. The number of benzene rings is 2. The molecule has 0 radical (unpaired) electrons. The van der Waals surface area contributed by atoms with Gasteiger partial charge in [-0.25, -0.2) is 27.0 Å². The normalized spacial score (nSPS) is 11.4. The maximum absolute atomic E-state index is 13.9. The molecule has 0 atom stereocenters. The summed E-state index contributed by atoms with van der Waals surface area (Å²) in [5.74, 6) is -2.16. The van der Waals surface area contributed by atoms with Crippen molar-refractivity contribution in [3.8, 4) is 11.3 Å². The molecule has 0 unspecified atom stereocenters. The second-order valence-corrected chi connectivity index (χ2v) is 9.20. The fourth-order valence-electron chi connectivity index (χ4n) is 2.72. The van der Waals surface area contributed by atoms with Crippen molar-refractivity contribution in [1.29, 1.82) is 0 Å². The lowest BCUT2D eigenvalue weighted by Crippen LogP contribution is -2.10. The molecule has 0 spiro atoms. The molecule has 0 bridgehead atoms. The highest BCUT2D eigenvalue weighted by molar-refractivity contribution is 7.90. The van der Waals surface area contributed by atoms with Crippen LogP contribution in [0.4, 0.5) is 8.78 Å². The molecular formula is C20H17F2NO4S2. The molecule has 5 nitrogen and oxygen atoms in total. The van der Waals surface area contributed by atoms with Crippen molar-refractivity contribution in [1.82, 2.24) is 4.98 Å². The van der Waals surface area contributed by atoms with Gasteiger partial charge in [0.25, 0.3) is 0 Å². The molecular weight excluding hydrogens is 420 g/mol. The Balaban J connectivity index is 1.79. The Morgan fingerprint density at radius 2 is 1.86 bits per heavy atom. The highest BCUT2D eigenvalue weighted by Gasteiger charge is 2.18. The van der Waals surface area contributed by atoms with E-state index in [9.17, 15) is 22.0 Å². The molecule has 0 amide bonds. The zero-order valence-electron chi connectivity index (χ0n) is 15.6. The summed E-state index contributed by atoms with van der Waals surface area (Å²) >= 11 is 1.10. The first-order chi connectivity index (χ1) is 13.7. The van der Waals surface area contributed by atoms with Crippen LogP contribution in [0, 0.1) is 11.6 Å². The van der Waals surface area contributed by atoms with Crippen LogP contribution in [0.25, 0.3) is 11.3 Å². The first-order valence-corrected chi connectivity index (χ1v) is 11.4. The van der Waals surface area contributed by atoms with Crippen molar-refractivity contribution in [3.05, 3.63) is 69.5 Å². The van der Waals surface area contributed by atoms with E-state index in [1.54, 1.807) is 6.07 Å². The van der Waals surface area contributed by atoms with Crippen LogP contribution in [0.2, 0.25) is 0 Å². The molecule has 0 saturated carbocycles. The second kappa shape index (κ2) is 8.38. The van der Waals surface area contributed by atoms with E-state index in [0.29, 0.717) is 17.0 Å². The maximum Gasteiger partial charge on any atom is 0.338 e. The fourth-order valence-corrected chi connectivity index (χ4v) is 4.07. The minimum Gasteiger partial charge on any atom is -0.455 e. The number of sulfone groups is 1. The van der Waals surface area contributed by atoms with Crippen molar-refractivity contribution in [2.75, 3.05) is 6.26 Å². The number of hydrogen-bond acceptors (Lipinski definition) is 6. The lowest BCUT2D eigenvalue weighted by atomic mass is 10.1. The molecule has 0 aliphatic heterocycles. The molecule has 3 aromatic rings. The zero-order valence-corrected chi connectivity index (χ0v) is 17.2. The van der Waals surface area contributed by atoms with E-state index in [-0.39, 0.29) is 28.3 Å². The standard InChI is InChI=1S/C20H17F2NO4S2/c1-3-12-7-8-13(29(2,25)26)9-14(12)20(24)27-10-18-23-17(11-28-18)19-15(21)5-4-6-16(19)22/h4-9,11H,3,10H2,1-2H3. The summed E-state index contributed by atoms with van der Waals surface area (Å²) in [4.78, 5) is 16.7. The Bertz CT molecular complexity index is 1150. The van der Waals surface area contributed by atoms with E-state index in [2.05, 4.69) is 4.98 Å². The molecule has 3 rings (SSSR count). The third kappa shape index (κ3) is 4.68. The van der Waals surface area contributed by atoms with Gasteiger partial charge in [-0.15, -0.1) is 11.3 Å². The second-order valence-electron chi connectivity index (χ2n) is 6.24. The lowest BCUT2D eigenvalue weighted by Gasteiger charge is -2.09. The number of nitrogens with zero attached hydrogens (tertiary/aromatic N) is 1. The largest absolute Gasteiger partial charge is 0.455 e. The summed E-state index contributed by atoms with van der Waals surface area (Å²) in [5, 5.41) is 1.83. The molecule has 0 aliphatic carbocycles. The van der Waals surface area contributed by atoms with Gasteiger partial charge in [0.05, 0.1) is 21.7 Å². The molecule has 0 aliphatic rings. The minimum absolute atomic E-state index is 0.0215. The van der Waals surface area contributed by atoms with Gasteiger partial charge in [0.15, 0.2) is 9.84 Å². The third-order valence-corrected chi connectivity index (χ3v) is 6.14. The molecule has 1 heterocycles. The number of esters is 1. The molecule has 29 heavy (non-hydrogen) atoms. The maximum atomic E-state index is 13.9. The van der Waals surface area contributed by atoms with Crippen molar-refractivity contribution in [3.63, 3.8) is 0 Å². The van der Waals surface area contributed by atoms with Gasteiger partial charge in [-0.3, -0.25) is 0 Å². The highest BCUT2D eigenvalue weighted by atomic mass is 32.2. The topological polar surface area (TPSA) is 73.3 Å². The smallest absolute Gasteiger partial charge is 0.338 e. The lowest BCUT2D eigenvalue weighted by molar-refractivity contribution is 0.0471. The number of aromatic nitrogens is 1. The summed E-state index contributed by atoms with van der Waals surface area (Å²) in [6.45, 7) is 1.63. The summed E-state index contributed by atoms with van der Waals surface area (Å²) in [6.07, 6.45) is 1.57. The van der Waals surface area contributed by atoms with Gasteiger partial charge in [-0.05, 0) is 36.2 Å². The monoisotopic (exact) mass is 437 g/mol. The highest BCUT2D eigenvalue weighted by Crippen LogP contribution is 2.28. The first-order valence-electron chi connectivity index (χ1n) is 8.59. The predicted octanol–water partition coefficient (Wildman–Crippen LogP) is 4.41. The van der Waals surface area contributed by atoms with Crippen LogP contribution in [0.15, 0.2) is 46.7 Å². The molecule has 0 saturated heterocycles. The number of halogens is 2. The number of ether oxygens (including phenoxy) is 1. The van der Waals surface area contributed by atoms with Gasteiger partial charge >= 0.3 is 5.97 Å². The van der Waals surface area contributed by atoms with Gasteiger partial charge in [0.1, 0.15) is 23.2 Å². The van der Waals surface area contributed by atoms with Crippen molar-refractivity contribution in [2.24, 2.45) is 0 Å². The van der Waals surface area contributed by atoms with Crippen molar-refractivity contribution in [2.45, 2.75) is 24.8 Å². The van der Waals surface area contributed by atoms with Crippen LogP contribution >= 0.6 is 11.3 Å². The van der Waals surface area contributed by atoms with Crippen molar-refractivity contribution >= 4 is 27.1 Å². The Morgan fingerprint density at radius 1 is 1.17 bits per heavy atom. The number of aryl methyl sites for hydroxylation is 1. The quantitative estimate of drug-likeness (QED) is 0.534. The number of carbonyl (C=O) groups is 1. The van der Waals surface area contributed by atoms with E-state index < -0.39 is 27.4 Å². The van der Waals surface area contributed by atoms with Gasteiger partial charge in [0.2, 0.25) is 0 Å². The van der Waals surface area contributed by atoms with E-state index >= 15 is 0 Å². The van der Waals surface area contributed by atoms with E-state index in [4.69, 9.17) is 4.74 Å². The molecule has 9 heteroatoms. The Morgan fingerprint density at radius 3 is 2.48 bits per heavy atom. The summed E-state index contributed by atoms with van der Waals surface area (Å²) in [6, 6.07) is 7.85. The summed E-state index contributed by atoms with van der Waals surface area (Å²) < 4.78 is 56.6. The Hall–Kier alpha value is -2.65. The summed E-state index contributed by atoms with van der Waals surface area (Å²) in [7, 11) is -3.48. The number of rotatable bonds is 6. The predicted molar refractivity (Wildman–Crippen MR) is 106 cm³/mol. The average Bonchev–Trinajstić information content (AvgIpc) is 3.13. The van der Waals surface area contributed by atoms with Gasteiger partial charge in [-0.1, -0.05) is 19.1 Å². The Kier molecular flexibility index (Phi) is 6.09. The first kappa shape index (κ1) is 21.1. The number of thiazole rings is 1. The van der Waals surface area contributed by atoms with Gasteiger partial charge in [-0.2, -0.15) is 0 Å². The zero-order chi connectivity index (χ0) is 21.2. The Labute approximate surface area is 170 Å². The molecule has 0 N–H and O–H groups in total. The van der Waals surface area contributed by atoms with Gasteiger partial charge in [0, 0.05) is 11.6 Å². The third-order valence-electron chi connectivity index (χ3n) is 4.21.